The van der Waals surface area contributed by atoms with Crippen molar-refractivity contribution >= 4 is 0 Å². The van der Waals surface area contributed by atoms with Gasteiger partial charge in [0.05, 0.1) is 18.8 Å². The van der Waals surface area contributed by atoms with Gasteiger partial charge in [0, 0.05) is 12.0 Å². The van der Waals surface area contributed by atoms with Crippen LogP contribution in [0.4, 0.5) is 0 Å². The lowest BCUT2D eigenvalue weighted by Crippen LogP contribution is -2.37. The largest absolute Gasteiger partial charge is 0.369 e. The smallest absolute Gasteiger partial charge is 0.184 e. The summed E-state index contributed by atoms with van der Waals surface area (Å²) in [5.74, 6) is 0. The van der Waals surface area contributed by atoms with E-state index in [0.29, 0.717) is 6.61 Å². The molecule has 3 nitrogen and oxygen atoms in total. The summed E-state index contributed by atoms with van der Waals surface area (Å²) in [5, 5.41) is 0. The summed E-state index contributed by atoms with van der Waals surface area (Å²) < 4.78 is 16.9. The molecule has 0 saturated carbocycles. The van der Waals surface area contributed by atoms with E-state index in [1.54, 1.807) is 0 Å². The Morgan fingerprint density at radius 3 is 2.69 bits per heavy atom. The standard InChI is InChI=1S/C13H14O3/c1-9-7-11-12(15-9)8-14-13(16-11)10-5-3-2-4-6-10/h1-6,9,11-13H,7-8H2/t9?,11-,12+,13?/m0/s1. The normalized spacial score (nSPS) is 38.3. The van der Waals surface area contributed by atoms with Crippen LogP contribution in [0.25, 0.3) is 0 Å². The van der Waals surface area contributed by atoms with Crippen LogP contribution in [0.5, 0.6) is 0 Å². The summed E-state index contributed by atoms with van der Waals surface area (Å²) in [6.45, 7) is 6.27. The van der Waals surface area contributed by atoms with E-state index in [2.05, 4.69) is 0 Å². The van der Waals surface area contributed by atoms with Crippen molar-refractivity contribution in [2.24, 2.45) is 0 Å². The molecule has 0 aromatic heterocycles. The number of rotatable bonds is 1. The zero-order valence-corrected chi connectivity index (χ0v) is 8.91. The SMILES string of the molecule is [CH]C1C[C@@H]2OC(c3ccccc3)OC[C@H]2O1. The van der Waals surface area contributed by atoms with E-state index in [-0.39, 0.29) is 24.6 Å². The van der Waals surface area contributed by atoms with Crippen molar-refractivity contribution in [3.8, 4) is 0 Å². The van der Waals surface area contributed by atoms with Crippen molar-refractivity contribution in [1.29, 1.82) is 0 Å². The molecule has 2 aliphatic rings. The third-order valence-electron chi connectivity index (χ3n) is 3.01. The molecule has 0 amide bonds. The highest BCUT2D eigenvalue weighted by Gasteiger charge is 2.40. The lowest BCUT2D eigenvalue weighted by Gasteiger charge is -2.31. The topological polar surface area (TPSA) is 27.7 Å². The Labute approximate surface area is 95.3 Å². The fourth-order valence-electron chi connectivity index (χ4n) is 2.20. The monoisotopic (exact) mass is 218 g/mol. The van der Waals surface area contributed by atoms with Gasteiger partial charge in [0.1, 0.15) is 6.10 Å². The molecule has 3 heteroatoms. The predicted molar refractivity (Wildman–Crippen MR) is 57.6 cm³/mol. The van der Waals surface area contributed by atoms with Gasteiger partial charge in [-0.2, -0.15) is 0 Å². The molecule has 2 heterocycles. The van der Waals surface area contributed by atoms with Crippen molar-refractivity contribution in [2.75, 3.05) is 6.61 Å². The molecule has 1 aromatic carbocycles. The fraction of sp³-hybridized carbons (Fsp3) is 0.462. The second-order valence-electron chi connectivity index (χ2n) is 4.20. The molecule has 2 aliphatic heterocycles. The Morgan fingerprint density at radius 1 is 1.06 bits per heavy atom. The molecular formula is C13H14O3. The quantitative estimate of drug-likeness (QED) is 0.721. The van der Waals surface area contributed by atoms with Gasteiger partial charge >= 0.3 is 0 Å². The molecule has 4 atom stereocenters. The maximum Gasteiger partial charge on any atom is 0.184 e. The van der Waals surface area contributed by atoms with Gasteiger partial charge in [0.2, 0.25) is 0 Å². The van der Waals surface area contributed by atoms with E-state index in [1.807, 2.05) is 30.3 Å². The Bertz CT molecular complexity index is 351. The maximum absolute atomic E-state index is 5.84. The van der Waals surface area contributed by atoms with Gasteiger partial charge in [-0.3, -0.25) is 0 Å². The van der Waals surface area contributed by atoms with Crippen LogP contribution in [-0.2, 0) is 14.2 Å². The molecule has 0 N–H and O–H groups in total. The summed E-state index contributed by atoms with van der Waals surface area (Å²) in [6.07, 6.45) is 0.311. The molecule has 3 rings (SSSR count). The van der Waals surface area contributed by atoms with Crippen LogP contribution < -0.4 is 0 Å². The molecule has 2 fully saturated rings. The summed E-state index contributed by atoms with van der Waals surface area (Å²) in [7, 11) is 0. The first kappa shape index (κ1) is 10.3. The van der Waals surface area contributed by atoms with Crippen LogP contribution in [0.3, 0.4) is 0 Å². The minimum absolute atomic E-state index is 0.00466. The number of hydrogen-bond donors (Lipinski definition) is 0. The zero-order valence-electron chi connectivity index (χ0n) is 8.91. The molecule has 2 radical (unpaired) electrons. The summed E-state index contributed by atoms with van der Waals surface area (Å²) in [4.78, 5) is 0. The lowest BCUT2D eigenvalue weighted by atomic mass is 10.1. The van der Waals surface area contributed by atoms with Crippen LogP contribution >= 0.6 is 0 Å². The Kier molecular flexibility index (Phi) is 2.67. The maximum atomic E-state index is 5.84. The van der Waals surface area contributed by atoms with Gasteiger partial charge in [0.25, 0.3) is 0 Å². The predicted octanol–water partition coefficient (Wildman–Crippen LogP) is 1.97. The van der Waals surface area contributed by atoms with Crippen LogP contribution in [0, 0.1) is 6.92 Å². The minimum atomic E-state index is -0.281. The van der Waals surface area contributed by atoms with Gasteiger partial charge in [-0.15, -0.1) is 0 Å². The van der Waals surface area contributed by atoms with Gasteiger partial charge < -0.3 is 14.2 Å². The van der Waals surface area contributed by atoms with Crippen LogP contribution in [0.1, 0.15) is 18.3 Å². The second-order valence-corrected chi connectivity index (χ2v) is 4.20. The first-order chi connectivity index (χ1) is 7.83. The number of benzene rings is 1. The highest BCUT2D eigenvalue weighted by molar-refractivity contribution is 5.16. The van der Waals surface area contributed by atoms with E-state index in [4.69, 9.17) is 21.1 Å². The van der Waals surface area contributed by atoms with Crippen molar-refractivity contribution in [3.63, 3.8) is 0 Å². The van der Waals surface area contributed by atoms with Gasteiger partial charge in [-0.1, -0.05) is 30.3 Å². The average Bonchev–Trinajstić information content (AvgIpc) is 2.69. The van der Waals surface area contributed by atoms with E-state index < -0.39 is 0 Å². The van der Waals surface area contributed by atoms with Crippen molar-refractivity contribution in [3.05, 3.63) is 42.8 Å². The molecule has 2 unspecified atom stereocenters. The number of ether oxygens (including phenoxy) is 3. The minimum Gasteiger partial charge on any atom is -0.369 e. The second kappa shape index (κ2) is 4.17. The Hall–Kier alpha value is -0.900. The third kappa shape index (κ3) is 1.86. The molecule has 0 spiro atoms. The third-order valence-corrected chi connectivity index (χ3v) is 3.01. The lowest BCUT2D eigenvalue weighted by molar-refractivity contribution is -0.243. The fourth-order valence-corrected chi connectivity index (χ4v) is 2.20. The highest BCUT2D eigenvalue weighted by Crippen LogP contribution is 2.34. The molecule has 0 aliphatic carbocycles. The first-order valence-electron chi connectivity index (χ1n) is 5.56. The molecule has 1 aromatic rings. The van der Waals surface area contributed by atoms with E-state index in [1.165, 1.54) is 0 Å². The highest BCUT2D eigenvalue weighted by atomic mass is 16.7. The summed E-state index contributed by atoms with van der Waals surface area (Å²) in [5.41, 5.74) is 1.04. The summed E-state index contributed by atoms with van der Waals surface area (Å²) in [6, 6.07) is 9.93. The van der Waals surface area contributed by atoms with Crippen molar-refractivity contribution in [2.45, 2.75) is 31.0 Å². The van der Waals surface area contributed by atoms with Gasteiger partial charge in [-0.05, 0) is 6.92 Å². The zero-order chi connectivity index (χ0) is 11.0. The average molecular weight is 218 g/mol. The summed E-state index contributed by atoms with van der Waals surface area (Å²) >= 11 is 0. The van der Waals surface area contributed by atoms with E-state index >= 15 is 0 Å². The molecule has 2 saturated heterocycles. The van der Waals surface area contributed by atoms with Gasteiger partial charge in [-0.25, -0.2) is 0 Å². The number of fused-ring (bicyclic) bond motifs is 1. The number of hydrogen-bond acceptors (Lipinski definition) is 3. The van der Waals surface area contributed by atoms with Crippen molar-refractivity contribution < 1.29 is 14.2 Å². The van der Waals surface area contributed by atoms with Crippen LogP contribution in [0.2, 0.25) is 0 Å². The Balaban J connectivity index is 1.72. The van der Waals surface area contributed by atoms with Crippen LogP contribution in [-0.4, -0.2) is 24.9 Å². The van der Waals surface area contributed by atoms with Crippen LogP contribution in [0.15, 0.2) is 30.3 Å². The molecule has 0 bridgehead atoms. The molecule has 16 heavy (non-hydrogen) atoms. The first-order valence-corrected chi connectivity index (χ1v) is 5.56. The van der Waals surface area contributed by atoms with E-state index in [9.17, 15) is 0 Å². The molecule has 84 valence electrons. The van der Waals surface area contributed by atoms with Gasteiger partial charge in [0.15, 0.2) is 6.29 Å². The molecular weight excluding hydrogens is 204 g/mol. The van der Waals surface area contributed by atoms with E-state index in [0.717, 1.165) is 12.0 Å². The van der Waals surface area contributed by atoms with Crippen molar-refractivity contribution in [1.82, 2.24) is 0 Å². The Morgan fingerprint density at radius 2 is 1.88 bits per heavy atom.